The van der Waals surface area contributed by atoms with Gasteiger partial charge in [-0.15, -0.1) is 12.4 Å². The van der Waals surface area contributed by atoms with Crippen LogP contribution in [0.1, 0.15) is 136 Å². The van der Waals surface area contributed by atoms with E-state index in [4.69, 9.17) is 5.73 Å². The fourth-order valence-electron chi connectivity index (χ4n) is 3.59. The SMILES string of the molecule is CCCCCCCCCCCCCCCCCCN.CCCN(C)C.CCCN(C)C.Cl. The summed E-state index contributed by atoms with van der Waals surface area (Å²) in [6.45, 7) is 9.94. The van der Waals surface area contributed by atoms with Crippen LogP contribution in [0.2, 0.25) is 0 Å². The maximum absolute atomic E-state index is 5.48. The van der Waals surface area contributed by atoms with Crippen LogP contribution in [0.25, 0.3) is 0 Å². The van der Waals surface area contributed by atoms with E-state index in [0.29, 0.717) is 0 Å². The molecule has 0 amide bonds. The van der Waals surface area contributed by atoms with E-state index in [2.05, 4.69) is 58.8 Å². The van der Waals surface area contributed by atoms with Gasteiger partial charge in [-0.25, -0.2) is 0 Å². The molecule has 0 aromatic heterocycles. The Bertz CT molecular complexity index is 247. The number of hydrogen-bond donors (Lipinski definition) is 1. The number of nitrogens with two attached hydrogens (primary N) is 1. The molecule has 0 heterocycles. The summed E-state index contributed by atoms with van der Waals surface area (Å²) >= 11 is 0. The Morgan fingerprint density at radius 1 is 0.406 bits per heavy atom. The first-order valence-electron chi connectivity index (χ1n) is 14.0. The van der Waals surface area contributed by atoms with Crippen LogP contribution in [0.5, 0.6) is 0 Å². The Balaban J connectivity index is -0.000000248. The van der Waals surface area contributed by atoms with Crippen molar-refractivity contribution < 1.29 is 0 Å². The molecule has 3 nitrogen and oxygen atoms in total. The van der Waals surface area contributed by atoms with Gasteiger partial charge in [0.15, 0.2) is 0 Å². The second-order valence-corrected chi connectivity index (χ2v) is 9.70. The number of halogens is 1. The van der Waals surface area contributed by atoms with Crippen LogP contribution in [0.15, 0.2) is 0 Å². The van der Waals surface area contributed by atoms with E-state index in [-0.39, 0.29) is 12.4 Å². The Labute approximate surface area is 212 Å². The van der Waals surface area contributed by atoms with Crippen molar-refractivity contribution in [1.82, 2.24) is 9.80 Å². The first kappa shape index (κ1) is 39.4. The van der Waals surface area contributed by atoms with Crippen LogP contribution in [-0.2, 0) is 0 Å². The van der Waals surface area contributed by atoms with Gasteiger partial charge in [-0.05, 0) is 67.1 Å². The Hall–Kier alpha value is 0.170. The topological polar surface area (TPSA) is 32.5 Å². The molecular formula is C28H66ClN3. The highest BCUT2D eigenvalue weighted by molar-refractivity contribution is 5.85. The average Bonchev–Trinajstić information content (AvgIpc) is 2.71. The molecule has 200 valence electrons. The van der Waals surface area contributed by atoms with E-state index in [1.165, 1.54) is 129 Å². The molecule has 2 N–H and O–H groups in total. The molecule has 0 aliphatic carbocycles. The van der Waals surface area contributed by atoms with Crippen LogP contribution < -0.4 is 5.73 Å². The quantitative estimate of drug-likeness (QED) is 0.177. The Morgan fingerprint density at radius 2 is 0.656 bits per heavy atom. The molecule has 0 saturated heterocycles. The monoisotopic (exact) mass is 479 g/mol. The maximum atomic E-state index is 5.48. The lowest BCUT2D eigenvalue weighted by Crippen LogP contribution is -2.11. The highest BCUT2D eigenvalue weighted by Crippen LogP contribution is 2.13. The normalized spacial score (nSPS) is 10.3. The van der Waals surface area contributed by atoms with Gasteiger partial charge in [-0.1, -0.05) is 117 Å². The van der Waals surface area contributed by atoms with Gasteiger partial charge in [0.2, 0.25) is 0 Å². The smallest absolute Gasteiger partial charge is 0.00275 e. The van der Waals surface area contributed by atoms with Crippen molar-refractivity contribution in [3.05, 3.63) is 0 Å². The van der Waals surface area contributed by atoms with Crippen LogP contribution in [0.3, 0.4) is 0 Å². The molecule has 0 atom stereocenters. The minimum Gasteiger partial charge on any atom is -0.330 e. The van der Waals surface area contributed by atoms with Crippen molar-refractivity contribution in [1.29, 1.82) is 0 Å². The molecule has 0 aliphatic rings. The van der Waals surface area contributed by atoms with Crippen molar-refractivity contribution in [2.75, 3.05) is 47.8 Å². The molecule has 32 heavy (non-hydrogen) atoms. The van der Waals surface area contributed by atoms with Crippen molar-refractivity contribution in [2.24, 2.45) is 5.73 Å². The lowest BCUT2D eigenvalue weighted by molar-refractivity contribution is 0.408. The summed E-state index contributed by atoms with van der Waals surface area (Å²) in [6.07, 6.45) is 25.4. The minimum absolute atomic E-state index is 0. The molecule has 0 aromatic rings. The molecule has 4 heteroatoms. The fourth-order valence-corrected chi connectivity index (χ4v) is 3.59. The number of nitrogens with zero attached hydrogens (tertiary/aromatic N) is 2. The summed E-state index contributed by atoms with van der Waals surface area (Å²) in [7, 11) is 8.35. The molecule has 0 aromatic carbocycles. The molecule has 0 radical (unpaired) electrons. The number of rotatable bonds is 20. The predicted molar refractivity (Wildman–Crippen MR) is 154 cm³/mol. The molecule has 0 fully saturated rings. The van der Waals surface area contributed by atoms with Gasteiger partial charge in [-0.2, -0.15) is 0 Å². The summed E-state index contributed by atoms with van der Waals surface area (Å²) in [5.41, 5.74) is 5.48. The molecule has 0 unspecified atom stereocenters. The van der Waals surface area contributed by atoms with Gasteiger partial charge in [0, 0.05) is 0 Å². The van der Waals surface area contributed by atoms with Crippen molar-refractivity contribution >= 4 is 12.4 Å². The summed E-state index contributed by atoms with van der Waals surface area (Å²) in [5, 5.41) is 0. The first-order chi connectivity index (χ1) is 15.0. The van der Waals surface area contributed by atoms with E-state index in [1.54, 1.807) is 0 Å². The second-order valence-electron chi connectivity index (χ2n) is 9.70. The van der Waals surface area contributed by atoms with Gasteiger partial charge < -0.3 is 15.5 Å². The standard InChI is InChI=1S/C18H39N.2C5H13N.ClH/c1-2-3-4-5-6-7-8-9-10-11-12-13-14-15-16-17-18-19;2*1-4-5-6(2)3;/h2-19H2,1H3;2*4-5H2,1-3H3;1H. The van der Waals surface area contributed by atoms with Crippen molar-refractivity contribution in [3.63, 3.8) is 0 Å². The average molecular weight is 480 g/mol. The van der Waals surface area contributed by atoms with Gasteiger partial charge in [0.25, 0.3) is 0 Å². The first-order valence-corrected chi connectivity index (χ1v) is 14.0. The summed E-state index contributed by atoms with van der Waals surface area (Å²) in [6, 6.07) is 0. The van der Waals surface area contributed by atoms with Crippen LogP contribution in [0.4, 0.5) is 0 Å². The zero-order valence-corrected chi connectivity index (χ0v) is 24.5. The van der Waals surface area contributed by atoms with E-state index in [9.17, 15) is 0 Å². The Kier molecular flexibility index (Phi) is 47.3. The fraction of sp³-hybridized carbons (Fsp3) is 1.00. The van der Waals surface area contributed by atoms with E-state index < -0.39 is 0 Å². The van der Waals surface area contributed by atoms with Gasteiger partial charge in [-0.3, -0.25) is 0 Å². The zero-order valence-electron chi connectivity index (χ0n) is 23.7. The Morgan fingerprint density at radius 3 is 0.812 bits per heavy atom. The van der Waals surface area contributed by atoms with Crippen molar-refractivity contribution in [3.8, 4) is 0 Å². The summed E-state index contributed by atoms with van der Waals surface area (Å²) in [4.78, 5) is 4.36. The molecule has 0 spiro atoms. The van der Waals surface area contributed by atoms with Crippen LogP contribution >= 0.6 is 12.4 Å². The predicted octanol–water partition coefficient (Wildman–Crippen LogP) is 8.54. The van der Waals surface area contributed by atoms with Crippen LogP contribution in [-0.4, -0.2) is 57.6 Å². The molecule has 0 bridgehead atoms. The van der Waals surface area contributed by atoms with E-state index in [0.717, 1.165) is 6.54 Å². The van der Waals surface area contributed by atoms with E-state index in [1.807, 2.05) is 0 Å². The zero-order chi connectivity index (χ0) is 24.0. The summed E-state index contributed by atoms with van der Waals surface area (Å²) < 4.78 is 0. The highest BCUT2D eigenvalue weighted by Gasteiger charge is 1.94. The summed E-state index contributed by atoms with van der Waals surface area (Å²) in [5.74, 6) is 0. The number of hydrogen-bond acceptors (Lipinski definition) is 3. The van der Waals surface area contributed by atoms with Crippen molar-refractivity contribution in [2.45, 2.75) is 136 Å². The molecule has 0 saturated carbocycles. The van der Waals surface area contributed by atoms with Crippen LogP contribution in [0, 0.1) is 0 Å². The lowest BCUT2D eigenvalue weighted by Gasteiger charge is -2.03. The largest absolute Gasteiger partial charge is 0.330 e. The molecule has 0 rings (SSSR count). The van der Waals surface area contributed by atoms with Gasteiger partial charge in [0.1, 0.15) is 0 Å². The molecule has 0 aliphatic heterocycles. The number of unbranched alkanes of at least 4 members (excludes halogenated alkanes) is 15. The third-order valence-corrected chi connectivity index (χ3v) is 5.40. The second kappa shape index (κ2) is 38.4. The lowest BCUT2D eigenvalue weighted by atomic mass is 10.0. The molecular weight excluding hydrogens is 414 g/mol. The third kappa shape index (κ3) is 52.2. The van der Waals surface area contributed by atoms with Gasteiger partial charge in [0.05, 0.1) is 0 Å². The maximum Gasteiger partial charge on any atom is -0.00275 e. The van der Waals surface area contributed by atoms with E-state index >= 15 is 0 Å². The highest BCUT2D eigenvalue weighted by atomic mass is 35.5. The minimum atomic E-state index is 0. The third-order valence-electron chi connectivity index (χ3n) is 5.40. The van der Waals surface area contributed by atoms with Gasteiger partial charge >= 0.3 is 0 Å².